The molecule has 0 aliphatic carbocycles. The molecule has 3 fully saturated rings. The fourth-order valence-electron chi connectivity index (χ4n) is 3.88. The standard InChI is InChI=1S/C16H17NO5/c1-20-15(19)13-10-9-7-21-16(22-9)14(18)11(10)12(17-13)8-5-3-2-4-6-8/h2-6,9-13,16-17H,7H2,1H3/t9-,10-,11+,12+,13+,16-/m1/s1. The van der Waals surface area contributed by atoms with Crippen molar-refractivity contribution in [3.63, 3.8) is 0 Å². The first kappa shape index (κ1) is 13.9. The zero-order chi connectivity index (χ0) is 15.3. The molecule has 0 aromatic heterocycles. The number of nitrogens with one attached hydrogen (secondary N) is 1. The van der Waals surface area contributed by atoms with Gasteiger partial charge < -0.3 is 14.2 Å². The van der Waals surface area contributed by atoms with E-state index in [1.54, 1.807) is 0 Å². The number of fused-ring (bicyclic) bond motifs is 4. The van der Waals surface area contributed by atoms with Gasteiger partial charge in [0.05, 0.1) is 19.8 Å². The van der Waals surface area contributed by atoms with E-state index < -0.39 is 12.3 Å². The monoisotopic (exact) mass is 303 g/mol. The molecule has 3 aliphatic heterocycles. The van der Waals surface area contributed by atoms with E-state index in [9.17, 15) is 9.59 Å². The number of rotatable bonds is 2. The van der Waals surface area contributed by atoms with E-state index in [1.165, 1.54) is 7.11 Å². The molecule has 116 valence electrons. The second kappa shape index (κ2) is 5.15. The van der Waals surface area contributed by atoms with Gasteiger partial charge in [-0.2, -0.15) is 0 Å². The summed E-state index contributed by atoms with van der Waals surface area (Å²) in [6, 6.07) is 8.90. The number of hydrogen-bond donors (Lipinski definition) is 1. The summed E-state index contributed by atoms with van der Waals surface area (Å²) in [4.78, 5) is 24.8. The molecule has 0 amide bonds. The molecule has 4 rings (SSSR count). The highest BCUT2D eigenvalue weighted by molar-refractivity contribution is 5.89. The van der Waals surface area contributed by atoms with Gasteiger partial charge in [-0.05, 0) is 5.56 Å². The fourth-order valence-corrected chi connectivity index (χ4v) is 3.88. The Morgan fingerprint density at radius 2 is 2.09 bits per heavy atom. The maximum Gasteiger partial charge on any atom is 0.323 e. The molecular weight excluding hydrogens is 286 g/mol. The summed E-state index contributed by atoms with van der Waals surface area (Å²) in [5.41, 5.74) is 0.985. The van der Waals surface area contributed by atoms with Gasteiger partial charge in [0.15, 0.2) is 5.78 Å². The van der Waals surface area contributed by atoms with Crippen molar-refractivity contribution < 1.29 is 23.8 Å². The van der Waals surface area contributed by atoms with Gasteiger partial charge in [-0.15, -0.1) is 0 Å². The summed E-state index contributed by atoms with van der Waals surface area (Å²) in [5, 5.41) is 3.28. The van der Waals surface area contributed by atoms with Crippen molar-refractivity contribution in [3.05, 3.63) is 35.9 Å². The van der Waals surface area contributed by atoms with Gasteiger partial charge >= 0.3 is 5.97 Å². The molecule has 3 aliphatic rings. The van der Waals surface area contributed by atoms with Crippen LogP contribution in [-0.4, -0.2) is 43.9 Å². The SMILES string of the molecule is COC(=O)[C@H]1N[C@@H](c2ccccc2)[C@H]2C(=O)[C@@H]3OC[C@@H](O3)[C@H]21. The van der Waals surface area contributed by atoms with Gasteiger partial charge in [-0.3, -0.25) is 14.9 Å². The van der Waals surface area contributed by atoms with E-state index in [4.69, 9.17) is 14.2 Å². The minimum absolute atomic E-state index is 0.0912. The quantitative estimate of drug-likeness (QED) is 0.799. The van der Waals surface area contributed by atoms with Crippen LogP contribution >= 0.6 is 0 Å². The van der Waals surface area contributed by atoms with Gasteiger partial charge in [-0.1, -0.05) is 30.3 Å². The Labute approximate surface area is 127 Å². The lowest BCUT2D eigenvalue weighted by Crippen LogP contribution is -2.48. The topological polar surface area (TPSA) is 73.9 Å². The number of carbonyl (C=O) groups is 2. The largest absolute Gasteiger partial charge is 0.468 e. The molecule has 6 atom stereocenters. The van der Waals surface area contributed by atoms with Crippen LogP contribution in [0.4, 0.5) is 0 Å². The molecule has 0 radical (unpaired) electrons. The first-order chi connectivity index (χ1) is 10.7. The second-order valence-corrected chi connectivity index (χ2v) is 5.90. The Morgan fingerprint density at radius 3 is 2.82 bits per heavy atom. The van der Waals surface area contributed by atoms with Crippen LogP contribution in [0.25, 0.3) is 0 Å². The number of ether oxygens (including phenoxy) is 3. The number of hydrogen-bond acceptors (Lipinski definition) is 6. The van der Waals surface area contributed by atoms with Crippen LogP contribution < -0.4 is 5.32 Å². The fraction of sp³-hybridized carbons (Fsp3) is 0.500. The lowest BCUT2D eigenvalue weighted by Gasteiger charge is -2.32. The Bertz CT molecular complexity index is 604. The highest BCUT2D eigenvalue weighted by Crippen LogP contribution is 2.47. The number of carbonyl (C=O) groups excluding carboxylic acids is 2. The van der Waals surface area contributed by atoms with Gasteiger partial charge in [0.2, 0.25) is 6.29 Å². The maximum atomic E-state index is 12.7. The summed E-state index contributed by atoms with van der Waals surface area (Å²) in [6.45, 7) is 0.342. The van der Waals surface area contributed by atoms with Crippen LogP contribution in [0.1, 0.15) is 11.6 Å². The molecule has 1 aromatic rings. The van der Waals surface area contributed by atoms with Crippen LogP contribution in [0, 0.1) is 11.8 Å². The van der Waals surface area contributed by atoms with E-state index in [0.29, 0.717) is 6.61 Å². The molecule has 22 heavy (non-hydrogen) atoms. The average molecular weight is 303 g/mol. The Morgan fingerprint density at radius 1 is 1.32 bits per heavy atom. The number of esters is 1. The van der Waals surface area contributed by atoms with Crippen LogP contribution in [0.2, 0.25) is 0 Å². The average Bonchev–Trinajstić information content (AvgIpc) is 3.16. The van der Waals surface area contributed by atoms with Crippen molar-refractivity contribution in [2.45, 2.75) is 24.5 Å². The number of benzene rings is 1. The molecule has 2 bridgehead atoms. The van der Waals surface area contributed by atoms with Crippen LogP contribution in [0.15, 0.2) is 30.3 Å². The van der Waals surface area contributed by atoms with Gasteiger partial charge in [0.1, 0.15) is 6.04 Å². The smallest absolute Gasteiger partial charge is 0.323 e. The predicted octanol–water partition coefficient (Wildman–Crippen LogP) is 0.429. The van der Waals surface area contributed by atoms with Crippen molar-refractivity contribution in [1.29, 1.82) is 0 Å². The van der Waals surface area contributed by atoms with Crippen molar-refractivity contribution in [1.82, 2.24) is 5.32 Å². The van der Waals surface area contributed by atoms with Crippen LogP contribution in [-0.2, 0) is 23.8 Å². The van der Waals surface area contributed by atoms with Crippen molar-refractivity contribution >= 4 is 11.8 Å². The molecule has 1 aromatic carbocycles. The predicted molar refractivity (Wildman–Crippen MR) is 74.7 cm³/mol. The molecule has 6 heteroatoms. The molecule has 6 nitrogen and oxygen atoms in total. The third-order valence-electron chi connectivity index (χ3n) is 4.83. The lowest BCUT2D eigenvalue weighted by molar-refractivity contribution is -0.166. The van der Waals surface area contributed by atoms with Crippen molar-refractivity contribution in [3.8, 4) is 0 Å². The molecule has 0 unspecified atom stereocenters. The summed E-state index contributed by atoms with van der Waals surface area (Å²) < 4.78 is 15.9. The molecule has 3 heterocycles. The minimum atomic E-state index is -0.796. The molecule has 0 saturated carbocycles. The first-order valence-electron chi connectivity index (χ1n) is 7.40. The number of methoxy groups -OCH3 is 1. The molecular formula is C16H17NO5. The van der Waals surface area contributed by atoms with Gasteiger partial charge in [0, 0.05) is 17.9 Å². The normalized spacial score (nSPS) is 39.6. The van der Waals surface area contributed by atoms with Gasteiger partial charge in [-0.25, -0.2) is 0 Å². The molecule has 0 spiro atoms. The van der Waals surface area contributed by atoms with Crippen LogP contribution in [0.3, 0.4) is 0 Å². The summed E-state index contributed by atoms with van der Waals surface area (Å²) in [6.07, 6.45) is -1.05. The Kier molecular flexibility index (Phi) is 3.25. The number of Topliss-reactive ketones (excluding diaryl/α,β-unsaturated/α-hetero) is 1. The van der Waals surface area contributed by atoms with Crippen LogP contribution in [0.5, 0.6) is 0 Å². The van der Waals surface area contributed by atoms with E-state index in [0.717, 1.165) is 5.56 Å². The first-order valence-corrected chi connectivity index (χ1v) is 7.40. The van der Waals surface area contributed by atoms with E-state index in [-0.39, 0.29) is 35.7 Å². The van der Waals surface area contributed by atoms with E-state index in [1.807, 2.05) is 30.3 Å². The summed E-state index contributed by atoms with van der Waals surface area (Å²) in [7, 11) is 1.36. The van der Waals surface area contributed by atoms with E-state index in [2.05, 4.69) is 5.32 Å². The third kappa shape index (κ3) is 1.91. The highest BCUT2D eigenvalue weighted by Gasteiger charge is 2.61. The van der Waals surface area contributed by atoms with Crippen molar-refractivity contribution in [2.75, 3.05) is 13.7 Å². The maximum absolute atomic E-state index is 12.7. The molecule has 3 saturated heterocycles. The van der Waals surface area contributed by atoms with E-state index >= 15 is 0 Å². The summed E-state index contributed by atoms with van der Waals surface area (Å²) in [5.74, 6) is -1.05. The zero-order valence-corrected chi connectivity index (χ0v) is 12.1. The molecule has 1 N–H and O–H groups in total. The highest BCUT2D eigenvalue weighted by atomic mass is 16.7. The number of ketones is 1. The Balaban J connectivity index is 1.75. The lowest BCUT2D eigenvalue weighted by atomic mass is 9.77. The zero-order valence-electron chi connectivity index (χ0n) is 12.1. The summed E-state index contributed by atoms with van der Waals surface area (Å²) >= 11 is 0. The Hall–Kier alpha value is -1.76. The van der Waals surface area contributed by atoms with Gasteiger partial charge in [0.25, 0.3) is 0 Å². The second-order valence-electron chi connectivity index (χ2n) is 5.90. The third-order valence-corrected chi connectivity index (χ3v) is 4.83. The minimum Gasteiger partial charge on any atom is -0.468 e. The van der Waals surface area contributed by atoms with Crippen molar-refractivity contribution in [2.24, 2.45) is 11.8 Å².